The molecule has 5 aromatic rings. The van der Waals surface area contributed by atoms with Crippen LogP contribution in [0.3, 0.4) is 0 Å². The highest BCUT2D eigenvalue weighted by atomic mass is 79.9. The van der Waals surface area contributed by atoms with Gasteiger partial charge < -0.3 is 4.42 Å². The number of furan rings is 1. The number of halogens is 2. The monoisotopic (exact) mass is 560 g/mol. The van der Waals surface area contributed by atoms with Crippen LogP contribution in [0.2, 0.25) is 5.02 Å². The Bertz CT molecular complexity index is 1510. The molecule has 5 rings (SSSR count). The molecule has 0 atom stereocenters. The van der Waals surface area contributed by atoms with Gasteiger partial charge in [0.2, 0.25) is 0 Å². The first-order valence-electron chi connectivity index (χ1n) is 9.53. The first-order valence-corrected chi connectivity index (χ1v) is 13.0. The smallest absolute Gasteiger partial charge is 0.274 e. The molecule has 0 radical (unpaired) electrons. The van der Waals surface area contributed by atoms with E-state index >= 15 is 0 Å². The van der Waals surface area contributed by atoms with E-state index in [0.29, 0.717) is 27.2 Å². The van der Waals surface area contributed by atoms with Crippen molar-refractivity contribution in [1.29, 1.82) is 0 Å². The van der Waals surface area contributed by atoms with E-state index in [0.717, 1.165) is 21.4 Å². The fraction of sp³-hybridized carbons (Fsp3) is 0. The number of thiazole rings is 1. The van der Waals surface area contributed by atoms with E-state index in [1.54, 1.807) is 42.5 Å². The fourth-order valence-electron chi connectivity index (χ4n) is 3.08. The fourth-order valence-corrected chi connectivity index (χ4v) is 5.63. The number of benzene rings is 2. The van der Waals surface area contributed by atoms with Gasteiger partial charge in [-0.2, -0.15) is 5.10 Å². The molecule has 0 unspecified atom stereocenters. The average Bonchev–Trinajstić information content (AvgIpc) is 3.56. The van der Waals surface area contributed by atoms with Gasteiger partial charge in [0.05, 0.1) is 18.1 Å². The lowest BCUT2D eigenvalue weighted by molar-refractivity contribution is 0.579. The van der Waals surface area contributed by atoms with E-state index in [1.165, 1.54) is 17.1 Å². The Morgan fingerprint density at radius 3 is 2.52 bits per heavy atom. The standard InChI is InChI=1S/C22H14BrClN4O3S2/c23-15-5-3-14(4-6-15)22-25-13-21(32-22)33(29,30)27-20-12-18(19-2-1-11-31-19)26-28(20)17-9-7-16(24)8-10-17/h1-13,27H. The highest BCUT2D eigenvalue weighted by Gasteiger charge is 2.23. The number of aromatic nitrogens is 3. The quantitative estimate of drug-likeness (QED) is 0.256. The van der Waals surface area contributed by atoms with E-state index in [2.05, 4.69) is 30.7 Å². The van der Waals surface area contributed by atoms with Gasteiger partial charge in [-0.1, -0.05) is 39.7 Å². The lowest BCUT2D eigenvalue weighted by atomic mass is 10.2. The number of nitrogens with zero attached hydrogens (tertiary/aromatic N) is 3. The summed E-state index contributed by atoms with van der Waals surface area (Å²) >= 11 is 10.5. The molecular formula is C22H14BrClN4O3S2. The Balaban J connectivity index is 1.51. The number of sulfonamides is 1. The normalized spacial score (nSPS) is 11.6. The summed E-state index contributed by atoms with van der Waals surface area (Å²) in [7, 11) is -3.92. The van der Waals surface area contributed by atoms with Crippen molar-refractivity contribution in [2.45, 2.75) is 4.21 Å². The molecule has 0 aliphatic rings. The van der Waals surface area contributed by atoms with Crippen LogP contribution in [0, 0.1) is 0 Å². The molecule has 0 saturated carbocycles. The van der Waals surface area contributed by atoms with Crippen LogP contribution in [-0.2, 0) is 10.0 Å². The topological polar surface area (TPSA) is 90.0 Å². The van der Waals surface area contributed by atoms with Gasteiger partial charge in [-0.15, -0.1) is 11.3 Å². The van der Waals surface area contributed by atoms with Crippen LogP contribution in [-0.4, -0.2) is 23.2 Å². The molecule has 0 bridgehead atoms. The Labute approximate surface area is 206 Å². The van der Waals surface area contributed by atoms with Gasteiger partial charge in [-0.25, -0.2) is 18.1 Å². The minimum absolute atomic E-state index is 0.0869. The predicted octanol–water partition coefficient (Wildman–Crippen LogP) is 6.47. The second-order valence-corrected chi connectivity index (χ2v) is 11.2. The Morgan fingerprint density at radius 1 is 1.06 bits per heavy atom. The zero-order chi connectivity index (χ0) is 23.0. The van der Waals surface area contributed by atoms with Crippen molar-refractivity contribution in [2.75, 3.05) is 4.72 Å². The molecule has 166 valence electrons. The number of hydrogen-bond donors (Lipinski definition) is 1. The summed E-state index contributed by atoms with van der Waals surface area (Å²) in [4.78, 5) is 4.29. The highest BCUT2D eigenvalue weighted by molar-refractivity contribution is 9.10. The molecule has 1 N–H and O–H groups in total. The number of nitrogens with one attached hydrogen (secondary N) is 1. The lowest BCUT2D eigenvalue weighted by Gasteiger charge is -2.09. The van der Waals surface area contributed by atoms with Crippen molar-refractivity contribution in [3.8, 4) is 27.7 Å². The molecule has 7 nitrogen and oxygen atoms in total. The van der Waals surface area contributed by atoms with Crippen molar-refractivity contribution < 1.29 is 12.8 Å². The van der Waals surface area contributed by atoms with Crippen LogP contribution in [0.25, 0.3) is 27.7 Å². The van der Waals surface area contributed by atoms with Crippen LogP contribution in [0.4, 0.5) is 5.82 Å². The molecule has 11 heteroatoms. The van der Waals surface area contributed by atoms with Crippen molar-refractivity contribution in [3.63, 3.8) is 0 Å². The summed E-state index contributed by atoms with van der Waals surface area (Å²) in [6.07, 6.45) is 2.88. The first-order chi connectivity index (χ1) is 15.9. The lowest BCUT2D eigenvalue weighted by Crippen LogP contribution is -2.14. The van der Waals surface area contributed by atoms with Gasteiger partial charge >= 0.3 is 0 Å². The molecule has 3 aromatic heterocycles. The third-order valence-corrected chi connectivity index (χ3v) is 8.28. The van der Waals surface area contributed by atoms with Gasteiger partial charge in [-0.05, 0) is 48.5 Å². The molecule has 0 spiro atoms. The third-order valence-electron chi connectivity index (χ3n) is 4.63. The first kappa shape index (κ1) is 21.9. The van der Waals surface area contributed by atoms with Crippen molar-refractivity contribution >= 4 is 54.7 Å². The second kappa shape index (κ2) is 8.79. The molecule has 3 heterocycles. The van der Waals surface area contributed by atoms with Crippen molar-refractivity contribution in [2.24, 2.45) is 0 Å². The number of anilines is 1. The van der Waals surface area contributed by atoms with E-state index in [-0.39, 0.29) is 10.0 Å². The maximum atomic E-state index is 13.2. The summed E-state index contributed by atoms with van der Waals surface area (Å²) in [5.74, 6) is 0.765. The molecular weight excluding hydrogens is 548 g/mol. The Morgan fingerprint density at radius 2 is 1.82 bits per heavy atom. The van der Waals surface area contributed by atoms with Gasteiger partial charge in [-0.3, -0.25) is 4.72 Å². The largest absolute Gasteiger partial charge is 0.463 e. The maximum absolute atomic E-state index is 13.2. The Kier molecular flexibility index (Phi) is 5.83. The molecule has 2 aromatic carbocycles. The number of rotatable bonds is 6. The summed E-state index contributed by atoms with van der Waals surface area (Å²) in [6, 6.07) is 19.5. The summed E-state index contributed by atoms with van der Waals surface area (Å²) in [5.41, 5.74) is 1.94. The summed E-state index contributed by atoms with van der Waals surface area (Å²) in [5, 5.41) is 5.69. The minimum atomic E-state index is -3.92. The summed E-state index contributed by atoms with van der Waals surface area (Å²) < 4.78 is 37.0. The van der Waals surface area contributed by atoms with Gasteiger partial charge in [0.1, 0.15) is 16.5 Å². The molecule has 0 fully saturated rings. The van der Waals surface area contributed by atoms with Crippen LogP contribution in [0.15, 0.2) is 92.3 Å². The second-order valence-electron chi connectivity index (χ2n) is 6.88. The third kappa shape index (κ3) is 4.60. The van der Waals surface area contributed by atoms with Crippen molar-refractivity contribution in [1.82, 2.24) is 14.8 Å². The van der Waals surface area contributed by atoms with Gasteiger partial charge in [0.25, 0.3) is 10.0 Å². The number of hydrogen-bond acceptors (Lipinski definition) is 6. The summed E-state index contributed by atoms with van der Waals surface area (Å²) in [6.45, 7) is 0. The zero-order valence-corrected chi connectivity index (χ0v) is 20.6. The molecule has 33 heavy (non-hydrogen) atoms. The van der Waals surface area contributed by atoms with E-state index in [9.17, 15) is 8.42 Å². The molecule has 0 amide bonds. The van der Waals surface area contributed by atoms with Crippen LogP contribution >= 0.6 is 38.9 Å². The zero-order valence-electron chi connectivity index (χ0n) is 16.6. The average molecular weight is 562 g/mol. The van der Waals surface area contributed by atoms with Crippen LogP contribution in [0.5, 0.6) is 0 Å². The highest BCUT2D eigenvalue weighted by Crippen LogP contribution is 2.32. The van der Waals surface area contributed by atoms with E-state index in [4.69, 9.17) is 16.0 Å². The van der Waals surface area contributed by atoms with Crippen molar-refractivity contribution in [3.05, 3.63) is 88.7 Å². The van der Waals surface area contributed by atoms with Crippen LogP contribution < -0.4 is 4.72 Å². The molecule has 0 saturated heterocycles. The van der Waals surface area contributed by atoms with E-state index < -0.39 is 10.0 Å². The Hall–Kier alpha value is -2.92. The predicted molar refractivity (Wildman–Crippen MR) is 132 cm³/mol. The van der Waals surface area contributed by atoms with E-state index in [1.807, 2.05) is 24.3 Å². The van der Waals surface area contributed by atoms with Crippen LogP contribution in [0.1, 0.15) is 0 Å². The minimum Gasteiger partial charge on any atom is -0.463 e. The molecule has 0 aliphatic carbocycles. The van der Waals surface area contributed by atoms with Gasteiger partial charge in [0, 0.05) is 21.1 Å². The maximum Gasteiger partial charge on any atom is 0.274 e. The SMILES string of the molecule is O=S(=O)(Nc1cc(-c2ccco2)nn1-c1ccc(Cl)cc1)c1cnc(-c2ccc(Br)cc2)s1. The molecule has 0 aliphatic heterocycles. The van der Waals surface area contributed by atoms with Gasteiger partial charge in [0.15, 0.2) is 9.97 Å².